The fourth-order valence-corrected chi connectivity index (χ4v) is 2.38. The number of nitrogens with zero attached hydrogens (tertiary/aromatic N) is 1. The van der Waals surface area contributed by atoms with Crippen molar-refractivity contribution >= 4 is 34.8 Å². The quantitative estimate of drug-likeness (QED) is 0.898. The molecule has 0 spiro atoms. The third-order valence-electron chi connectivity index (χ3n) is 2.56. The molecule has 0 aromatic carbocycles. The molecule has 0 aliphatic carbocycles. The van der Waals surface area contributed by atoms with Crippen molar-refractivity contribution in [2.75, 3.05) is 11.9 Å². The molecule has 1 aromatic heterocycles. The SMILES string of the molecule is CCc1cnc(NC(=O)C2CC(F)(F)CN2)s1.Cl. The molecule has 4 nitrogen and oxygen atoms in total. The minimum Gasteiger partial charge on any atom is -0.301 e. The summed E-state index contributed by atoms with van der Waals surface area (Å²) in [4.78, 5) is 16.7. The number of hydrogen-bond donors (Lipinski definition) is 2. The van der Waals surface area contributed by atoms with Gasteiger partial charge in [0.15, 0.2) is 5.13 Å². The zero-order valence-electron chi connectivity index (χ0n) is 9.70. The van der Waals surface area contributed by atoms with Gasteiger partial charge in [-0.2, -0.15) is 0 Å². The average Bonchev–Trinajstić information content (AvgIpc) is 2.84. The number of carbonyl (C=O) groups is 1. The number of nitrogens with one attached hydrogen (secondary N) is 2. The Morgan fingerprint density at radius 2 is 2.44 bits per heavy atom. The molecule has 102 valence electrons. The highest BCUT2D eigenvalue weighted by atomic mass is 35.5. The Labute approximate surface area is 114 Å². The fourth-order valence-electron chi connectivity index (χ4n) is 1.62. The maximum Gasteiger partial charge on any atom is 0.262 e. The van der Waals surface area contributed by atoms with Crippen molar-refractivity contribution in [3.63, 3.8) is 0 Å². The normalized spacial score (nSPS) is 21.4. The maximum atomic E-state index is 12.9. The van der Waals surface area contributed by atoms with Gasteiger partial charge in [-0.05, 0) is 6.42 Å². The van der Waals surface area contributed by atoms with Crippen LogP contribution in [0.25, 0.3) is 0 Å². The van der Waals surface area contributed by atoms with Crippen LogP contribution in [0, 0.1) is 0 Å². The van der Waals surface area contributed by atoms with Crippen LogP contribution in [0.4, 0.5) is 13.9 Å². The summed E-state index contributed by atoms with van der Waals surface area (Å²) in [5.41, 5.74) is 0. The number of rotatable bonds is 3. The van der Waals surface area contributed by atoms with Gasteiger partial charge in [-0.15, -0.1) is 23.7 Å². The number of anilines is 1. The third-order valence-corrected chi connectivity index (χ3v) is 3.62. The van der Waals surface area contributed by atoms with E-state index in [0.29, 0.717) is 5.13 Å². The minimum absolute atomic E-state index is 0. The van der Waals surface area contributed by atoms with E-state index in [2.05, 4.69) is 15.6 Å². The third kappa shape index (κ3) is 3.60. The molecular weight excluding hydrogens is 284 g/mol. The van der Waals surface area contributed by atoms with Crippen LogP contribution in [-0.4, -0.2) is 29.4 Å². The lowest BCUT2D eigenvalue weighted by Gasteiger charge is -2.08. The van der Waals surface area contributed by atoms with Gasteiger partial charge in [-0.25, -0.2) is 13.8 Å². The molecule has 1 unspecified atom stereocenters. The van der Waals surface area contributed by atoms with Gasteiger partial charge in [-0.1, -0.05) is 6.92 Å². The first-order valence-electron chi connectivity index (χ1n) is 5.37. The lowest BCUT2D eigenvalue weighted by Crippen LogP contribution is -2.35. The van der Waals surface area contributed by atoms with E-state index in [1.54, 1.807) is 6.20 Å². The first kappa shape index (κ1) is 15.3. The van der Waals surface area contributed by atoms with Crippen molar-refractivity contribution in [2.24, 2.45) is 0 Å². The predicted octanol–water partition coefficient (Wildman–Crippen LogP) is 2.06. The molecule has 1 fully saturated rings. The molecule has 0 bridgehead atoms. The first-order chi connectivity index (χ1) is 8.00. The standard InChI is InChI=1S/C10H13F2N3OS.ClH/c1-2-6-4-13-9(17-6)15-8(16)7-3-10(11,12)5-14-7;/h4,7,14H,2-3,5H2,1H3,(H,13,15,16);1H. The molecule has 2 rings (SSSR count). The Bertz CT molecular complexity index is 427. The lowest BCUT2D eigenvalue weighted by molar-refractivity contribution is -0.118. The zero-order valence-corrected chi connectivity index (χ0v) is 11.3. The van der Waals surface area contributed by atoms with Gasteiger partial charge >= 0.3 is 0 Å². The summed E-state index contributed by atoms with van der Waals surface area (Å²) >= 11 is 1.36. The number of thiazole rings is 1. The topological polar surface area (TPSA) is 54.0 Å². The minimum atomic E-state index is -2.79. The van der Waals surface area contributed by atoms with Gasteiger partial charge in [0.05, 0.1) is 12.6 Å². The molecule has 2 heterocycles. The van der Waals surface area contributed by atoms with E-state index in [9.17, 15) is 13.6 Å². The van der Waals surface area contributed by atoms with E-state index in [1.807, 2.05) is 6.92 Å². The highest BCUT2D eigenvalue weighted by Crippen LogP contribution is 2.26. The van der Waals surface area contributed by atoms with E-state index in [-0.39, 0.29) is 12.4 Å². The summed E-state index contributed by atoms with van der Waals surface area (Å²) in [5, 5.41) is 5.51. The Morgan fingerprint density at radius 3 is 2.94 bits per heavy atom. The number of alkyl halides is 2. The van der Waals surface area contributed by atoms with Gasteiger partial charge < -0.3 is 5.32 Å². The Kier molecular flexibility index (Phi) is 5.01. The predicted molar refractivity (Wildman–Crippen MR) is 68.7 cm³/mol. The smallest absolute Gasteiger partial charge is 0.262 e. The number of halogens is 3. The first-order valence-corrected chi connectivity index (χ1v) is 6.18. The molecule has 1 amide bonds. The summed E-state index contributed by atoms with van der Waals surface area (Å²) in [5.74, 6) is -3.24. The molecule has 18 heavy (non-hydrogen) atoms. The van der Waals surface area contributed by atoms with Crippen LogP contribution in [0.5, 0.6) is 0 Å². The van der Waals surface area contributed by atoms with Gasteiger partial charge in [0.25, 0.3) is 5.92 Å². The highest BCUT2D eigenvalue weighted by molar-refractivity contribution is 7.15. The van der Waals surface area contributed by atoms with E-state index in [1.165, 1.54) is 11.3 Å². The van der Waals surface area contributed by atoms with Crippen LogP contribution in [0.2, 0.25) is 0 Å². The summed E-state index contributed by atoms with van der Waals surface area (Å²) in [6.45, 7) is 1.54. The summed E-state index contributed by atoms with van der Waals surface area (Å²) in [7, 11) is 0. The lowest BCUT2D eigenvalue weighted by atomic mass is 10.2. The second-order valence-electron chi connectivity index (χ2n) is 3.97. The fraction of sp³-hybridized carbons (Fsp3) is 0.600. The Balaban J connectivity index is 0.00000162. The monoisotopic (exact) mass is 297 g/mol. The molecule has 8 heteroatoms. The second-order valence-corrected chi connectivity index (χ2v) is 5.08. The summed E-state index contributed by atoms with van der Waals surface area (Å²) < 4.78 is 25.8. The van der Waals surface area contributed by atoms with Crippen LogP contribution in [0.3, 0.4) is 0 Å². The maximum absolute atomic E-state index is 12.9. The number of aromatic nitrogens is 1. The van der Waals surface area contributed by atoms with Crippen LogP contribution in [-0.2, 0) is 11.2 Å². The molecular formula is C10H14ClF2N3OS. The van der Waals surface area contributed by atoms with Crippen LogP contribution in [0.15, 0.2) is 6.20 Å². The molecule has 0 saturated carbocycles. The van der Waals surface area contributed by atoms with Gasteiger partial charge in [0.2, 0.25) is 5.91 Å². The van der Waals surface area contributed by atoms with E-state index in [0.717, 1.165) is 11.3 Å². The van der Waals surface area contributed by atoms with Crippen molar-refractivity contribution in [1.29, 1.82) is 0 Å². The summed E-state index contributed by atoms with van der Waals surface area (Å²) in [6.07, 6.45) is 2.06. The molecule has 1 aliphatic heterocycles. The molecule has 1 saturated heterocycles. The Morgan fingerprint density at radius 1 is 1.72 bits per heavy atom. The van der Waals surface area contributed by atoms with Crippen molar-refractivity contribution in [1.82, 2.24) is 10.3 Å². The summed E-state index contributed by atoms with van der Waals surface area (Å²) in [6, 6.07) is -0.834. The number of carbonyl (C=O) groups excluding carboxylic acids is 1. The molecule has 1 aromatic rings. The van der Waals surface area contributed by atoms with Crippen LogP contribution in [0.1, 0.15) is 18.2 Å². The van der Waals surface area contributed by atoms with E-state index < -0.39 is 30.8 Å². The number of aryl methyl sites for hydroxylation is 1. The second kappa shape index (κ2) is 5.90. The van der Waals surface area contributed by atoms with Gasteiger partial charge in [0, 0.05) is 17.5 Å². The molecule has 0 radical (unpaired) electrons. The van der Waals surface area contributed by atoms with Crippen molar-refractivity contribution in [3.05, 3.63) is 11.1 Å². The van der Waals surface area contributed by atoms with E-state index in [4.69, 9.17) is 0 Å². The molecule has 1 aliphatic rings. The number of amides is 1. The highest BCUT2D eigenvalue weighted by Gasteiger charge is 2.42. The van der Waals surface area contributed by atoms with Crippen LogP contribution < -0.4 is 10.6 Å². The number of hydrogen-bond acceptors (Lipinski definition) is 4. The van der Waals surface area contributed by atoms with Crippen molar-refractivity contribution in [3.8, 4) is 0 Å². The molecule has 1 atom stereocenters. The van der Waals surface area contributed by atoms with E-state index >= 15 is 0 Å². The van der Waals surface area contributed by atoms with Gasteiger partial charge in [-0.3, -0.25) is 10.1 Å². The van der Waals surface area contributed by atoms with Crippen molar-refractivity contribution in [2.45, 2.75) is 31.7 Å². The van der Waals surface area contributed by atoms with Crippen molar-refractivity contribution < 1.29 is 13.6 Å². The Hall–Kier alpha value is -0.790. The average molecular weight is 298 g/mol. The zero-order chi connectivity index (χ0) is 12.5. The van der Waals surface area contributed by atoms with Crippen LogP contribution >= 0.6 is 23.7 Å². The van der Waals surface area contributed by atoms with Gasteiger partial charge in [0.1, 0.15) is 0 Å². The molecule has 2 N–H and O–H groups in total. The largest absolute Gasteiger partial charge is 0.301 e.